The molecule has 1 fully saturated rings. The van der Waals surface area contributed by atoms with Crippen LogP contribution in [0.3, 0.4) is 0 Å². The van der Waals surface area contributed by atoms with Crippen molar-refractivity contribution in [1.29, 1.82) is 0 Å². The Morgan fingerprint density at radius 1 is 0.931 bits per heavy atom. The molecule has 2 atom stereocenters. The number of benzene rings is 3. The zero-order valence-electron chi connectivity index (χ0n) is 16.1. The van der Waals surface area contributed by atoms with Crippen molar-refractivity contribution in [1.82, 2.24) is 0 Å². The van der Waals surface area contributed by atoms with E-state index in [-0.39, 0.29) is 24.3 Å². The number of ether oxygens (including phenoxy) is 1. The second-order valence-electron chi connectivity index (χ2n) is 6.98. The highest BCUT2D eigenvalue weighted by Crippen LogP contribution is 2.42. The van der Waals surface area contributed by atoms with Crippen molar-refractivity contribution >= 4 is 23.2 Å². The Hall–Kier alpha value is -3.60. The number of nitrogens with one attached hydrogen (secondary N) is 1. The standard InChI is InChI=1S/C24H22N2O3/c1-29-20-14-12-17(13-15-20)23-21(24(28)25-18-8-4-2-5-9-18)16-22(27)26(23)19-10-6-3-7-11-19/h2-15,21,23H,16H2,1H3,(H,25,28)/t21-,23+/m1/s1. The minimum Gasteiger partial charge on any atom is -0.497 e. The number of carbonyl (C=O) groups excluding carboxylic acids is 2. The third kappa shape index (κ3) is 3.85. The number of hydrogen-bond acceptors (Lipinski definition) is 3. The van der Waals surface area contributed by atoms with Gasteiger partial charge in [0, 0.05) is 17.8 Å². The maximum absolute atomic E-state index is 13.1. The summed E-state index contributed by atoms with van der Waals surface area (Å²) in [5.74, 6) is -0.0000391. The zero-order chi connectivity index (χ0) is 20.2. The lowest BCUT2D eigenvalue weighted by Crippen LogP contribution is -2.32. The average molecular weight is 386 g/mol. The number of nitrogens with zero attached hydrogens (tertiary/aromatic N) is 1. The first-order valence-electron chi connectivity index (χ1n) is 9.54. The Morgan fingerprint density at radius 3 is 2.17 bits per heavy atom. The second kappa shape index (κ2) is 8.19. The van der Waals surface area contributed by atoms with E-state index >= 15 is 0 Å². The van der Waals surface area contributed by atoms with Gasteiger partial charge >= 0.3 is 0 Å². The van der Waals surface area contributed by atoms with Crippen LogP contribution in [0.25, 0.3) is 0 Å². The number of amides is 2. The van der Waals surface area contributed by atoms with Crippen LogP contribution in [0.4, 0.5) is 11.4 Å². The molecule has 1 heterocycles. The highest BCUT2D eigenvalue weighted by atomic mass is 16.5. The summed E-state index contributed by atoms with van der Waals surface area (Å²) in [4.78, 5) is 27.8. The predicted octanol–water partition coefficient (Wildman–Crippen LogP) is 4.43. The van der Waals surface area contributed by atoms with Crippen LogP contribution in [-0.4, -0.2) is 18.9 Å². The molecule has 0 spiro atoms. The Labute approximate surface area is 169 Å². The van der Waals surface area contributed by atoms with E-state index in [0.29, 0.717) is 0 Å². The first-order chi connectivity index (χ1) is 14.2. The second-order valence-corrected chi connectivity index (χ2v) is 6.98. The first kappa shape index (κ1) is 18.7. The number of rotatable bonds is 5. The molecule has 1 aliphatic rings. The van der Waals surface area contributed by atoms with Gasteiger partial charge in [-0.3, -0.25) is 9.59 Å². The van der Waals surface area contributed by atoms with E-state index in [1.54, 1.807) is 12.0 Å². The van der Waals surface area contributed by atoms with Crippen LogP contribution in [0.1, 0.15) is 18.0 Å². The van der Waals surface area contributed by atoms with Crippen molar-refractivity contribution in [3.8, 4) is 5.75 Å². The van der Waals surface area contributed by atoms with Crippen molar-refractivity contribution in [3.05, 3.63) is 90.5 Å². The molecule has 0 radical (unpaired) electrons. The number of para-hydroxylation sites is 2. The van der Waals surface area contributed by atoms with Crippen LogP contribution in [0, 0.1) is 5.92 Å². The fourth-order valence-electron chi connectivity index (χ4n) is 3.80. The summed E-state index contributed by atoms with van der Waals surface area (Å²) in [7, 11) is 1.61. The molecule has 5 nitrogen and oxygen atoms in total. The third-order valence-corrected chi connectivity index (χ3v) is 5.19. The Morgan fingerprint density at radius 2 is 1.55 bits per heavy atom. The van der Waals surface area contributed by atoms with Gasteiger partial charge in [0.25, 0.3) is 0 Å². The van der Waals surface area contributed by atoms with Crippen LogP contribution < -0.4 is 15.0 Å². The van der Waals surface area contributed by atoms with Gasteiger partial charge in [-0.25, -0.2) is 0 Å². The smallest absolute Gasteiger partial charge is 0.230 e. The summed E-state index contributed by atoms with van der Waals surface area (Å²) in [6, 6.07) is 25.9. The van der Waals surface area contributed by atoms with Gasteiger partial charge in [-0.2, -0.15) is 0 Å². The Balaban J connectivity index is 1.71. The molecular weight excluding hydrogens is 364 g/mol. The molecule has 1 N–H and O–H groups in total. The van der Waals surface area contributed by atoms with Gasteiger partial charge in [-0.1, -0.05) is 48.5 Å². The van der Waals surface area contributed by atoms with Crippen LogP contribution in [0.15, 0.2) is 84.9 Å². The molecule has 0 aliphatic carbocycles. The highest BCUT2D eigenvalue weighted by molar-refractivity contribution is 6.04. The number of carbonyl (C=O) groups is 2. The lowest BCUT2D eigenvalue weighted by atomic mass is 9.92. The third-order valence-electron chi connectivity index (χ3n) is 5.19. The molecule has 2 amide bonds. The summed E-state index contributed by atoms with van der Waals surface area (Å²) < 4.78 is 5.26. The van der Waals surface area contributed by atoms with Crippen molar-refractivity contribution in [3.63, 3.8) is 0 Å². The average Bonchev–Trinajstić information content (AvgIpc) is 3.12. The summed E-state index contributed by atoms with van der Waals surface area (Å²) in [6.45, 7) is 0. The summed E-state index contributed by atoms with van der Waals surface area (Å²) in [6.07, 6.45) is 0.157. The van der Waals surface area contributed by atoms with Crippen LogP contribution in [-0.2, 0) is 9.59 Å². The molecule has 29 heavy (non-hydrogen) atoms. The van der Waals surface area contributed by atoms with E-state index in [0.717, 1.165) is 22.7 Å². The van der Waals surface area contributed by atoms with Crippen molar-refractivity contribution < 1.29 is 14.3 Å². The summed E-state index contributed by atoms with van der Waals surface area (Å²) in [5.41, 5.74) is 2.40. The van der Waals surface area contributed by atoms with E-state index in [1.165, 1.54) is 0 Å². The van der Waals surface area contributed by atoms with Crippen LogP contribution in [0.2, 0.25) is 0 Å². The quantitative estimate of drug-likeness (QED) is 0.706. The minimum atomic E-state index is -0.503. The zero-order valence-corrected chi connectivity index (χ0v) is 16.1. The Kier molecular flexibility index (Phi) is 5.29. The molecule has 4 rings (SSSR count). The number of anilines is 2. The topological polar surface area (TPSA) is 58.6 Å². The normalized spacial score (nSPS) is 18.5. The molecule has 3 aromatic rings. The maximum atomic E-state index is 13.1. The molecule has 0 saturated carbocycles. The number of hydrogen-bond donors (Lipinski definition) is 1. The molecule has 0 bridgehead atoms. The van der Waals surface area contributed by atoms with E-state index in [4.69, 9.17) is 4.74 Å². The van der Waals surface area contributed by atoms with Gasteiger partial charge in [0.1, 0.15) is 5.75 Å². The minimum absolute atomic E-state index is 0.0646. The molecular formula is C24H22N2O3. The summed E-state index contributed by atoms with van der Waals surface area (Å²) >= 11 is 0. The molecule has 1 aliphatic heterocycles. The predicted molar refractivity (Wildman–Crippen MR) is 113 cm³/mol. The van der Waals surface area contributed by atoms with E-state index in [1.807, 2.05) is 84.9 Å². The van der Waals surface area contributed by atoms with E-state index in [9.17, 15) is 9.59 Å². The van der Waals surface area contributed by atoms with Crippen LogP contribution in [0.5, 0.6) is 5.75 Å². The largest absolute Gasteiger partial charge is 0.497 e. The first-order valence-corrected chi connectivity index (χ1v) is 9.54. The van der Waals surface area contributed by atoms with Gasteiger partial charge in [0.05, 0.1) is 19.1 Å². The lowest BCUT2D eigenvalue weighted by Gasteiger charge is -2.28. The van der Waals surface area contributed by atoms with Gasteiger partial charge in [0.15, 0.2) is 0 Å². The monoisotopic (exact) mass is 386 g/mol. The molecule has 146 valence electrons. The Bertz CT molecular complexity index is 988. The van der Waals surface area contributed by atoms with Crippen molar-refractivity contribution in [2.75, 3.05) is 17.3 Å². The summed E-state index contributed by atoms with van der Waals surface area (Å²) in [5, 5.41) is 2.96. The van der Waals surface area contributed by atoms with Crippen LogP contribution >= 0.6 is 0 Å². The number of methoxy groups -OCH3 is 1. The van der Waals surface area contributed by atoms with Crippen molar-refractivity contribution in [2.24, 2.45) is 5.92 Å². The fourth-order valence-corrected chi connectivity index (χ4v) is 3.80. The molecule has 1 saturated heterocycles. The van der Waals surface area contributed by atoms with E-state index < -0.39 is 5.92 Å². The fraction of sp³-hybridized carbons (Fsp3) is 0.167. The SMILES string of the molecule is COc1ccc([C@H]2[C@H](C(=O)Nc3ccccc3)CC(=O)N2c2ccccc2)cc1. The van der Waals surface area contributed by atoms with E-state index in [2.05, 4.69) is 5.32 Å². The molecule has 5 heteroatoms. The van der Waals surface area contributed by atoms with Gasteiger partial charge in [-0.15, -0.1) is 0 Å². The van der Waals surface area contributed by atoms with Gasteiger partial charge in [-0.05, 0) is 42.0 Å². The van der Waals surface area contributed by atoms with Gasteiger partial charge < -0.3 is 15.0 Å². The highest BCUT2D eigenvalue weighted by Gasteiger charge is 2.45. The maximum Gasteiger partial charge on any atom is 0.230 e. The van der Waals surface area contributed by atoms with Gasteiger partial charge in [0.2, 0.25) is 11.8 Å². The lowest BCUT2D eigenvalue weighted by molar-refractivity contribution is -0.122. The van der Waals surface area contributed by atoms with Crippen molar-refractivity contribution in [2.45, 2.75) is 12.5 Å². The molecule has 3 aromatic carbocycles. The molecule has 0 unspecified atom stereocenters. The molecule has 0 aromatic heterocycles.